The molecule has 2 N–H and O–H groups in total. The highest BCUT2D eigenvalue weighted by atomic mass is 16.5. The summed E-state index contributed by atoms with van der Waals surface area (Å²) in [5, 5.41) is 5.59. The number of ether oxygens (including phenoxy) is 2. The number of benzene rings is 1. The van der Waals surface area contributed by atoms with Gasteiger partial charge >= 0.3 is 0 Å². The molecule has 0 saturated heterocycles. The SMILES string of the molecule is COC1=CC(C(=O)NCc2nc(C)cc(NC(=O)c3cccc(OC)c3)n2)=CCC1C. The van der Waals surface area contributed by atoms with E-state index in [2.05, 4.69) is 20.6 Å². The van der Waals surface area contributed by atoms with E-state index in [-0.39, 0.29) is 24.3 Å². The maximum Gasteiger partial charge on any atom is 0.256 e. The fourth-order valence-electron chi connectivity index (χ4n) is 3.18. The monoisotopic (exact) mass is 422 g/mol. The van der Waals surface area contributed by atoms with E-state index in [0.29, 0.717) is 34.2 Å². The number of aryl methyl sites for hydroxylation is 1. The van der Waals surface area contributed by atoms with E-state index in [1.54, 1.807) is 57.6 Å². The molecular formula is C23H26N4O4. The summed E-state index contributed by atoms with van der Waals surface area (Å²) in [4.78, 5) is 33.8. The number of aromatic nitrogens is 2. The topological polar surface area (TPSA) is 102 Å². The van der Waals surface area contributed by atoms with E-state index in [9.17, 15) is 9.59 Å². The lowest BCUT2D eigenvalue weighted by molar-refractivity contribution is -0.117. The van der Waals surface area contributed by atoms with E-state index < -0.39 is 0 Å². The van der Waals surface area contributed by atoms with Gasteiger partial charge in [0.05, 0.1) is 26.5 Å². The van der Waals surface area contributed by atoms with Crippen LogP contribution in [0.5, 0.6) is 5.75 Å². The molecule has 2 aromatic rings. The van der Waals surface area contributed by atoms with Crippen LogP contribution in [0.3, 0.4) is 0 Å². The largest absolute Gasteiger partial charge is 0.501 e. The predicted molar refractivity (Wildman–Crippen MR) is 117 cm³/mol. The molecule has 1 aromatic heterocycles. The second-order valence-electron chi connectivity index (χ2n) is 7.23. The van der Waals surface area contributed by atoms with Gasteiger partial charge in [-0.15, -0.1) is 0 Å². The first-order chi connectivity index (χ1) is 14.9. The Morgan fingerprint density at radius 2 is 1.94 bits per heavy atom. The second kappa shape index (κ2) is 9.88. The van der Waals surface area contributed by atoms with Gasteiger partial charge in [0.25, 0.3) is 11.8 Å². The van der Waals surface area contributed by atoms with Crippen LogP contribution in [0, 0.1) is 12.8 Å². The molecular weight excluding hydrogens is 396 g/mol. The summed E-state index contributed by atoms with van der Waals surface area (Å²) in [6.45, 7) is 3.97. The van der Waals surface area contributed by atoms with Crippen LogP contribution in [0.1, 0.15) is 35.2 Å². The highest BCUT2D eigenvalue weighted by Crippen LogP contribution is 2.24. The van der Waals surface area contributed by atoms with Crippen molar-refractivity contribution in [3.05, 3.63) is 70.9 Å². The van der Waals surface area contributed by atoms with Gasteiger partial charge in [0, 0.05) is 28.8 Å². The van der Waals surface area contributed by atoms with Crippen LogP contribution < -0.4 is 15.4 Å². The molecule has 1 atom stereocenters. The molecule has 1 unspecified atom stereocenters. The van der Waals surface area contributed by atoms with Gasteiger partial charge in [-0.25, -0.2) is 9.97 Å². The highest BCUT2D eigenvalue weighted by molar-refractivity contribution is 6.04. The van der Waals surface area contributed by atoms with Crippen LogP contribution in [0.25, 0.3) is 0 Å². The zero-order valence-corrected chi connectivity index (χ0v) is 18.1. The average molecular weight is 422 g/mol. The molecule has 1 aliphatic rings. The molecule has 8 heteroatoms. The average Bonchev–Trinajstić information content (AvgIpc) is 2.77. The van der Waals surface area contributed by atoms with E-state index in [1.807, 2.05) is 13.0 Å². The summed E-state index contributed by atoms with van der Waals surface area (Å²) in [6.07, 6.45) is 4.38. The first-order valence-corrected chi connectivity index (χ1v) is 9.93. The molecule has 31 heavy (non-hydrogen) atoms. The Kier molecular flexibility index (Phi) is 7.02. The molecule has 1 aromatic carbocycles. The molecule has 0 aliphatic heterocycles. The van der Waals surface area contributed by atoms with Crippen LogP contribution >= 0.6 is 0 Å². The summed E-state index contributed by atoms with van der Waals surface area (Å²) in [6, 6.07) is 8.50. The number of nitrogens with zero attached hydrogens (tertiary/aromatic N) is 2. The number of nitrogens with one attached hydrogen (secondary N) is 2. The van der Waals surface area contributed by atoms with Gasteiger partial charge in [-0.2, -0.15) is 0 Å². The predicted octanol–water partition coefficient (Wildman–Crippen LogP) is 3.16. The number of methoxy groups -OCH3 is 2. The fourth-order valence-corrected chi connectivity index (χ4v) is 3.18. The van der Waals surface area contributed by atoms with Gasteiger partial charge in [-0.05, 0) is 37.6 Å². The third kappa shape index (κ3) is 5.69. The van der Waals surface area contributed by atoms with Crippen LogP contribution in [0.15, 0.2) is 53.8 Å². The van der Waals surface area contributed by atoms with Crippen LogP contribution in [-0.4, -0.2) is 36.0 Å². The maximum atomic E-state index is 12.5. The molecule has 3 rings (SSSR count). The van der Waals surface area contributed by atoms with Gasteiger partial charge < -0.3 is 20.1 Å². The van der Waals surface area contributed by atoms with Crippen molar-refractivity contribution in [2.24, 2.45) is 5.92 Å². The van der Waals surface area contributed by atoms with E-state index in [4.69, 9.17) is 9.47 Å². The fraction of sp³-hybridized carbons (Fsp3) is 0.304. The van der Waals surface area contributed by atoms with E-state index in [0.717, 1.165) is 12.2 Å². The number of carbonyl (C=O) groups excluding carboxylic acids is 2. The van der Waals surface area contributed by atoms with Gasteiger partial charge in [-0.1, -0.05) is 19.1 Å². The standard InChI is InChI=1S/C23H26N4O4/c1-14-8-9-17(12-19(14)31-4)22(28)24-13-21-25-15(2)10-20(26-21)27-23(29)16-6-5-7-18(11-16)30-3/h5-7,9-12,14H,8,13H2,1-4H3,(H,24,28)(H,25,26,27,29). The van der Waals surface area contributed by atoms with Crippen molar-refractivity contribution in [1.82, 2.24) is 15.3 Å². The lowest BCUT2D eigenvalue weighted by atomic mass is 9.96. The van der Waals surface area contributed by atoms with Crippen molar-refractivity contribution in [3.63, 3.8) is 0 Å². The molecule has 162 valence electrons. The Balaban J connectivity index is 1.66. The lowest BCUT2D eigenvalue weighted by Crippen LogP contribution is -2.26. The Hall–Kier alpha value is -3.68. The molecule has 0 bridgehead atoms. The summed E-state index contributed by atoms with van der Waals surface area (Å²) in [5.41, 5.74) is 1.67. The number of hydrogen-bond acceptors (Lipinski definition) is 6. The van der Waals surface area contributed by atoms with E-state index >= 15 is 0 Å². The van der Waals surface area contributed by atoms with Crippen molar-refractivity contribution >= 4 is 17.6 Å². The van der Waals surface area contributed by atoms with Crippen LogP contribution in [0.2, 0.25) is 0 Å². The third-order valence-corrected chi connectivity index (χ3v) is 4.85. The summed E-state index contributed by atoms with van der Waals surface area (Å²) in [7, 11) is 3.15. The molecule has 0 saturated carbocycles. The number of carbonyl (C=O) groups is 2. The molecule has 0 radical (unpaired) electrons. The molecule has 0 fully saturated rings. The summed E-state index contributed by atoms with van der Waals surface area (Å²) in [5.74, 6) is 1.83. The highest BCUT2D eigenvalue weighted by Gasteiger charge is 2.18. The van der Waals surface area contributed by atoms with Crippen molar-refractivity contribution in [2.75, 3.05) is 19.5 Å². The zero-order chi connectivity index (χ0) is 22.4. The Morgan fingerprint density at radius 1 is 1.13 bits per heavy atom. The normalized spacial score (nSPS) is 15.4. The third-order valence-electron chi connectivity index (χ3n) is 4.85. The van der Waals surface area contributed by atoms with E-state index in [1.165, 1.54) is 0 Å². The van der Waals surface area contributed by atoms with Crippen molar-refractivity contribution < 1.29 is 19.1 Å². The first-order valence-electron chi connectivity index (χ1n) is 9.93. The lowest BCUT2D eigenvalue weighted by Gasteiger charge is -2.18. The van der Waals surface area contributed by atoms with Gasteiger partial charge in [0.2, 0.25) is 0 Å². The number of allylic oxidation sites excluding steroid dienone is 2. The molecule has 2 amide bonds. The van der Waals surface area contributed by atoms with Crippen LogP contribution in [-0.2, 0) is 16.1 Å². The molecule has 1 aliphatic carbocycles. The minimum Gasteiger partial charge on any atom is -0.501 e. The van der Waals surface area contributed by atoms with Gasteiger partial charge in [-0.3, -0.25) is 9.59 Å². The zero-order valence-electron chi connectivity index (χ0n) is 18.1. The van der Waals surface area contributed by atoms with Crippen molar-refractivity contribution in [2.45, 2.75) is 26.8 Å². The van der Waals surface area contributed by atoms with Crippen molar-refractivity contribution in [3.8, 4) is 5.75 Å². The maximum absolute atomic E-state index is 12.5. The minimum atomic E-state index is -0.314. The van der Waals surface area contributed by atoms with Crippen LogP contribution in [0.4, 0.5) is 5.82 Å². The summed E-state index contributed by atoms with van der Waals surface area (Å²) >= 11 is 0. The molecule has 1 heterocycles. The number of rotatable bonds is 7. The summed E-state index contributed by atoms with van der Waals surface area (Å²) < 4.78 is 10.5. The number of amides is 2. The first kappa shape index (κ1) is 22.0. The smallest absolute Gasteiger partial charge is 0.256 e. The minimum absolute atomic E-state index is 0.131. The molecule has 0 spiro atoms. The Bertz CT molecular complexity index is 1050. The van der Waals surface area contributed by atoms with Gasteiger partial charge in [0.1, 0.15) is 17.4 Å². The van der Waals surface area contributed by atoms with Gasteiger partial charge in [0.15, 0.2) is 0 Å². The quantitative estimate of drug-likeness (QED) is 0.711. The second-order valence-corrected chi connectivity index (χ2v) is 7.23. The Morgan fingerprint density at radius 3 is 2.68 bits per heavy atom. The number of anilines is 1. The molecule has 8 nitrogen and oxygen atoms in total. The Labute approximate surface area is 181 Å². The van der Waals surface area contributed by atoms with Crippen molar-refractivity contribution in [1.29, 1.82) is 0 Å². The number of hydrogen-bond donors (Lipinski definition) is 2.